The Balaban J connectivity index is 2.37. The van der Waals surface area contributed by atoms with E-state index in [1.807, 2.05) is 38.1 Å². The van der Waals surface area contributed by atoms with Crippen LogP contribution in [0.1, 0.15) is 16.8 Å². The van der Waals surface area contributed by atoms with Crippen LogP contribution >= 0.6 is 0 Å². The Hall–Kier alpha value is -2.39. The average Bonchev–Trinajstić information content (AvgIpc) is 2.82. The second-order valence-corrected chi connectivity index (χ2v) is 4.22. The van der Waals surface area contributed by atoms with E-state index in [0.29, 0.717) is 12.4 Å². The molecule has 0 spiro atoms. The van der Waals surface area contributed by atoms with Gasteiger partial charge in [0.25, 0.3) is 0 Å². The quantitative estimate of drug-likeness (QED) is 0.858. The lowest BCUT2D eigenvalue weighted by Crippen LogP contribution is -2.07. The Bertz CT molecular complexity index is 626. The zero-order valence-corrected chi connectivity index (χ0v) is 10.9. The molecule has 98 valence electrons. The molecule has 0 aliphatic carbocycles. The number of aliphatic hydroxyl groups is 1. The van der Waals surface area contributed by atoms with Gasteiger partial charge in [0.2, 0.25) is 5.69 Å². The van der Waals surface area contributed by atoms with E-state index in [9.17, 15) is 0 Å². The molecule has 2 aromatic rings. The molecule has 6 heteroatoms. The maximum atomic E-state index is 9.01. The number of benzene rings is 1. The van der Waals surface area contributed by atoms with E-state index in [4.69, 9.17) is 10.4 Å². The third-order valence-electron chi connectivity index (χ3n) is 2.85. The van der Waals surface area contributed by atoms with Gasteiger partial charge < -0.3 is 10.4 Å². The molecular formula is C13H15N5O. The molecule has 0 atom stereocenters. The molecule has 0 aliphatic heterocycles. The predicted molar refractivity (Wildman–Crippen MR) is 71.1 cm³/mol. The van der Waals surface area contributed by atoms with Gasteiger partial charge >= 0.3 is 0 Å². The van der Waals surface area contributed by atoms with Crippen LogP contribution in [0.2, 0.25) is 0 Å². The van der Waals surface area contributed by atoms with Crippen LogP contribution in [0.25, 0.3) is 5.69 Å². The van der Waals surface area contributed by atoms with Gasteiger partial charge in [-0.2, -0.15) is 5.26 Å². The molecule has 19 heavy (non-hydrogen) atoms. The third kappa shape index (κ3) is 2.72. The second kappa shape index (κ2) is 5.50. The van der Waals surface area contributed by atoms with Gasteiger partial charge in [0.1, 0.15) is 6.07 Å². The molecule has 0 radical (unpaired) electrons. The number of nitrogens with one attached hydrogen (secondary N) is 1. The van der Waals surface area contributed by atoms with E-state index in [2.05, 4.69) is 15.5 Å². The highest BCUT2D eigenvalue weighted by atomic mass is 16.3. The summed E-state index contributed by atoms with van der Waals surface area (Å²) in [5.41, 5.74) is 3.34. The molecule has 1 aromatic heterocycles. The molecule has 0 bridgehead atoms. The van der Waals surface area contributed by atoms with Crippen LogP contribution in [-0.2, 0) is 0 Å². The van der Waals surface area contributed by atoms with Gasteiger partial charge in [0.05, 0.1) is 12.3 Å². The van der Waals surface area contributed by atoms with Gasteiger partial charge in [-0.05, 0) is 37.1 Å². The number of hydrogen-bond acceptors (Lipinski definition) is 5. The van der Waals surface area contributed by atoms with E-state index < -0.39 is 0 Å². The molecule has 1 heterocycles. The first-order chi connectivity index (χ1) is 9.15. The van der Waals surface area contributed by atoms with E-state index >= 15 is 0 Å². The van der Waals surface area contributed by atoms with Gasteiger partial charge in [-0.1, -0.05) is 6.07 Å². The fraction of sp³-hybridized carbons (Fsp3) is 0.308. The van der Waals surface area contributed by atoms with Crippen molar-refractivity contribution in [3.8, 4) is 11.8 Å². The standard InChI is InChI=1S/C13H15N5O/c1-9-3-4-11(7-10(9)2)18-16-12(8-14)13(17-18)15-5-6-19/h3-4,7,19H,5-6H2,1-2H3,(H,15,17). The van der Waals surface area contributed by atoms with Crippen molar-refractivity contribution in [1.82, 2.24) is 15.0 Å². The summed E-state index contributed by atoms with van der Waals surface area (Å²) in [6.07, 6.45) is 0. The monoisotopic (exact) mass is 257 g/mol. The first-order valence-corrected chi connectivity index (χ1v) is 5.95. The van der Waals surface area contributed by atoms with Crippen molar-refractivity contribution in [2.75, 3.05) is 18.5 Å². The molecule has 1 aromatic carbocycles. The van der Waals surface area contributed by atoms with Crippen molar-refractivity contribution in [2.24, 2.45) is 0 Å². The number of anilines is 1. The Kier molecular flexibility index (Phi) is 3.78. The Labute approximate surface area is 111 Å². The highest BCUT2D eigenvalue weighted by Crippen LogP contribution is 2.15. The first-order valence-electron chi connectivity index (χ1n) is 5.95. The number of nitrogens with zero attached hydrogens (tertiary/aromatic N) is 4. The van der Waals surface area contributed by atoms with Gasteiger partial charge in [-0.25, -0.2) is 0 Å². The van der Waals surface area contributed by atoms with Crippen molar-refractivity contribution >= 4 is 5.82 Å². The highest BCUT2D eigenvalue weighted by molar-refractivity contribution is 5.48. The fourth-order valence-electron chi connectivity index (χ4n) is 1.64. The maximum absolute atomic E-state index is 9.01. The molecule has 0 saturated carbocycles. The molecule has 2 N–H and O–H groups in total. The minimum atomic E-state index is -0.0264. The molecule has 0 aliphatic rings. The van der Waals surface area contributed by atoms with Crippen molar-refractivity contribution in [3.63, 3.8) is 0 Å². The average molecular weight is 257 g/mol. The van der Waals surface area contributed by atoms with Crippen LogP contribution < -0.4 is 5.32 Å². The van der Waals surface area contributed by atoms with Crippen LogP contribution in [0.5, 0.6) is 0 Å². The summed E-state index contributed by atoms with van der Waals surface area (Å²) in [4.78, 5) is 1.42. The number of aryl methyl sites for hydroxylation is 2. The lowest BCUT2D eigenvalue weighted by Gasteiger charge is -2.03. The summed E-state index contributed by atoms with van der Waals surface area (Å²) in [5.74, 6) is 0.384. The van der Waals surface area contributed by atoms with Crippen LogP contribution in [0.15, 0.2) is 18.2 Å². The summed E-state index contributed by atoms with van der Waals surface area (Å²) in [7, 11) is 0. The Morgan fingerprint density at radius 2 is 2.11 bits per heavy atom. The van der Waals surface area contributed by atoms with E-state index in [0.717, 1.165) is 11.3 Å². The number of rotatable bonds is 4. The van der Waals surface area contributed by atoms with Gasteiger partial charge in [-0.15, -0.1) is 15.0 Å². The highest BCUT2D eigenvalue weighted by Gasteiger charge is 2.11. The zero-order valence-electron chi connectivity index (χ0n) is 10.9. The molecule has 0 amide bonds. The van der Waals surface area contributed by atoms with Crippen molar-refractivity contribution in [1.29, 1.82) is 5.26 Å². The number of hydrogen-bond donors (Lipinski definition) is 2. The van der Waals surface area contributed by atoms with E-state index in [1.165, 1.54) is 10.4 Å². The fourth-order valence-corrected chi connectivity index (χ4v) is 1.64. The van der Waals surface area contributed by atoms with Crippen LogP contribution in [0.4, 0.5) is 5.82 Å². The van der Waals surface area contributed by atoms with Gasteiger partial charge in [-0.3, -0.25) is 0 Å². The number of nitriles is 1. The lowest BCUT2D eigenvalue weighted by molar-refractivity contribution is 0.311. The minimum absolute atomic E-state index is 0.0264. The van der Waals surface area contributed by atoms with Crippen LogP contribution in [0.3, 0.4) is 0 Å². The molecule has 0 unspecified atom stereocenters. The molecular weight excluding hydrogens is 242 g/mol. The predicted octanol–water partition coefficient (Wildman–Crippen LogP) is 1.16. The Morgan fingerprint density at radius 1 is 1.32 bits per heavy atom. The summed E-state index contributed by atoms with van der Waals surface area (Å²) < 4.78 is 0. The maximum Gasteiger partial charge on any atom is 0.207 e. The number of aromatic nitrogens is 3. The second-order valence-electron chi connectivity index (χ2n) is 4.22. The summed E-state index contributed by atoms with van der Waals surface area (Å²) >= 11 is 0. The lowest BCUT2D eigenvalue weighted by atomic mass is 10.1. The zero-order chi connectivity index (χ0) is 13.8. The Morgan fingerprint density at radius 3 is 2.74 bits per heavy atom. The van der Waals surface area contributed by atoms with Crippen molar-refractivity contribution in [2.45, 2.75) is 13.8 Å². The molecule has 2 rings (SSSR count). The summed E-state index contributed by atoms with van der Waals surface area (Å²) in [5, 5.41) is 29.0. The third-order valence-corrected chi connectivity index (χ3v) is 2.85. The summed E-state index contributed by atoms with van der Waals surface area (Å²) in [6.45, 7) is 4.35. The minimum Gasteiger partial charge on any atom is -0.395 e. The van der Waals surface area contributed by atoms with Gasteiger partial charge in [0.15, 0.2) is 5.82 Å². The molecule has 0 fully saturated rings. The van der Waals surface area contributed by atoms with Crippen molar-refractivity contribution < 1.29 is 5.11 Å². The first kappa shape index (κ1) is 13.1. The van der Waals surface area contributed by atoms with Gasteiger partial charge in [0, 0.05) is 6.54 Å². The van der Waals surface area contributed by atoms with E-state index in [-0.39, 0.29) is 12.3 Å². The van der Waals surface area contributed by atoms with Crippen molar-refractivity contribution in [3.05, 3.63) is 35.0 Å². The normalized spacial score (nSPS) is 10.2. The molecule has 6 nitrogen and oxygen atoms in total. The summed E-state index contributed by atoms with van der Waals surface area (Å²) in [6, 6.07) is 7.84. The smallest absolute Gasteiger partial charge is 0.207 e. The number of aliphatic hydroxyl groups excluding tert-OH is 1. The largest absolute Gasteiger partial charge is 0.395 e. The van der Waals surface area contributed by atoms with E-state index in [1.54, 1.807) is 0 Å². The molecule has 0 saturated heterocycles. The van der Waals surface area contributed by atoms with Crippen LogP contribution in [0, 0.1) is 25.2 Å². The van der Waals surface area contributed by atoms with Crippen LogP contribution in [-0.4, -0.2) is 33.3 Å². The SMILES string of the molecule is Cc1ccc(-n2nc(C#N)c(NCCO)n2)cc1C. The topological polar surface area (TPSA) is 86.8 Å².